The number of amides is 1. The van der Waals surface area contributed by atoms with E-state index in [9.17, 15) is 4.79 Å². The van der Waals surface area contributed by atoms with E-state index in [2.05, 4.69) is 10.3 Å². The third-order valence-electron chi connectivity index (χ3n) is 2.31. The fourth-order valence-corrected chi connectivity index (χ4v) is 1.39. The molecule has 4 nitrogen and oxygen atoms in total. The molecule has 1 N–H and O–H groups in total. The molecule has 0 bridgehead atoms. The molecule has 5 heteroatoms. The van der Waals surface area contributed by atoms with E-state index in [0.717, 1.165) is 5.56 Å². The molecule has 1 rings (SSSR count). The summed E-state index contributed by atoms with van der Waals surface area (Å²) in [4.78, 5) is 16.8. The molecule has 1 heterocycles. The van der Waals surface area contributed by atoms with Gasteiger partial charge in [0, 0.05) is 26.3 Å². The zero-order chi connectivity index (χ0) is 12.1. The van der Waals surface area contributed by atoms with Crippen molar-refractivity contribution < 1.29 is 4.79 Å². The molecule has 1 atom stereocenters. The van der Waals surface area contributed by atoms with Crippen LogP contribution in [-0.4, -0.2) is 36.4 Å². The van der Waals surface area contributed by atoms with Crippen molar-refractivity contribution in [3.8, 4) is 0 Å². The number of carbonyl (C=O) groups excluding carboxylic acids is 1. The van der Waals surface area contributed by atoms with Crippen LogP contribution in [0.15, 0.2) is 18.3 Å². The molecule has 0 radical (unpaired) electrons. The SMILES string of the molecule is CC(NCC(=O)N(C)C)c1ccnc(Cl)c1. The number of carbonyl (C=O) groups is 1. The van der Waals surface area contributed by atoms with Crippen molar-refractivity contribution in [3.63, 3.8) is 0 Å². The van der Waals surface area contributed by atoms with Crippen molar-refractivity contribution in [1.82, 2.24) is 15.2 Å². The lowest BCUT2D eigenvalue weighted by atomic mass is 10.1. The number of hydrogen-bond donors (Lipinski definition) is 1. The van der Waals surface area contributed by atoms with Gasteiger partial charge in [-0.25, -0.2) is 4.98 Å². The van der Waals surface area contributed by atoms with E-state index in [1.54, 1.807) is 31.3 Å². The number of pyridine rings is 1. The fraction of sp³-hybridized carbons (Fsp3) is 0.455. The summed E-state index contributed by atoms with van der Waals surface area (Å²) in [5.41, 5.74) is 1.02. The second-order valence-electron chi connectivity index (χ2n) is 3.80. The molecule has 16 heavy (non-hydrogen) atoms. The summed E-state index contributed by atoms with van der Waals surface area (Å²) >= 11 is 5.79. The molecule has 0 saturated heterocycles. The van der Waals surface area contributed by atoms with Crippen LogP contribution < -0.4 is 5.32 Å². The molecule has 0 aromatic carbocycles. The normalized spacial score (nSPS) is 12.2. The van der Waals surface area contributed by atoms with Crippen LogP contribution in [0.4, 0.5) is 0 Å². The van der Waals surface area contributed by atoms with Crippen LogP contribution in [0.2, 0.25) is 5.15 Å². The van der Waals surface area contributed by atoms with Crippen LogP contribution in [-0.2, 0) is 4.79 Å². The molecular formula is C11H16ClN3O. The molecule has 0 aliphatic rings. The molecule has 0 aliphatic heterocycles. The Kier molecular flexibility index (Phi) is 4.71. The first kappa shape index (κ1) is 12.9. The lowest BCUT2D eigenvalue weighted by Gasteiger charge is -2.16. The molecule has 1 aromatic heterocycles. The maximum Gasteiger partial charge on any atom is 0.236 e. The molecular weight excluding hydrogens is 226 g/mol. The van der Waals surface area contributed by atoms with E-state index in [1.807, 2.05) is 13.0 Å². The average Bonchev–Trinajstić information content (AvgIpc) is 2.25. The lowest BCUT2D eigenvalue weighted by molar-refractivity contribution is -0.127. The number of aromatic nitrogens is 1. The second kappa shape index (κ2) is 5.82. The maximum atomic E-state index is 11.4. The molecule has 1 unspecified atom stereocenters. The molecule has 0 saturated carbocycles. The first-order chi connectivity index (χ1) is 7.50. The van der Waals surface area contributed by atoms with Gasteiger partial charge in [-0.15, -0.1) is 0 Å². The molecule has 1 aromatic rings. The predicted molar refractivity (Wildman–Crippen MR) is 64.4 cm³/mol. The summed E-state index contributed by atoms with van der Waals surface area (Å²) in [6.07, 6.45) is 1.66. The van der Waals surface area contributed by atoms with Gasteiger partial charge in [-0.05, 0) is 24.6 Å². The zero-order valence-electron chi connectivity index (χ0n) is 9.70. The Labute approximate surface area is 101 Å². The van der Waals surface area contributed by atoms with Crippen LogP contribution in [0.25, 0.3) is 0 Å². The number of hydrogen-bond acceptors (Lipinski definition) is 3. The highest BCUT2D eigenvalue weighted by Gasteiger charge is 2.09. The molecule has 0 aliphatic carbocycles. The first-order valence-electron chi connectivity index (χ1n) is 5.05. The van der Waals surface area contributed by atoms with Crippen molar-refractivity contribution in [1.29, 1.82) is 0 Å². The Bertz CT molecular complexity index is 368. The number of nitrogens with one attached hydrogen (secondary N) is 1. The van der Waals surface area contributed by atoms with Gasteiger partial charge in [0.1, 0.15) is 5.15 Å². The van der Waals surface area contributed by atoms with Crippen molar-refractivity contribution in [2.75, 3.05) is 20.6 Å². The summed E-state index contributed by atoms with van der Waals surface area (Å²) in [6.45, 7) is 2.29. The fourth-order valence-electron chi connectivity index (χ4n) is 1.20. The first-order valence-corrected chi connectivity index (χ1v) is 5.43. The standard InChI is InChI=1S/C11H16ClN3O/c1-8(14-7-11(16)15(2)3)9-4-5-13-10(12)6-9/h4-6,8,14H,7H2,1-3H3. The summed E-state index contributed by atoms with van der Waals surface area (Å²) in [7, 11) is 3.47. The van der Waals surface area contributed by atoms with Gasteiger partial charge in [-0.1, -0.05) is 11.6 Å². The highest BCUT2D eigenvalue weighted by atomic mass is 35.5. The monoisotopic (exact) mass is 241 g/mol. The Balaban J connectivity index is 2.53. The highest BCUT2D eigenvalue weighted by molar-refractivity contribution is 6.29. The van der Waals surface area contributed by atoms with Crippen LogP contribution in [0.5, 0.6) is 0 Å². The second-order valence-corrected chi connectivity index (χ2v) is 4.19. The summed E-state index contributed by atoms with van der Waals surface area (Å²) in [5.74, 6) is 0.0482. The van der Waals surface area contributed by atoms with E-state index in [-0.39, 0.29) is 11.9 Å². The topological polar surface area (TPSA) is 45.2 Å². The summed E-state index contributed by atoms with van der Waals surface area (Å²) < 4.78 is 0. The van der Waals surface area contributed by atoms with Crippen LogP contribution in [0.1, 0.15) is 18.5 Å². The largest absolute Gasteiger partial charge is 0.348 e. The van der Waals surface area contributed by atoms with Gasteiger partial charge < -0.3 is 10.2 Å². The minimum Gasteiger partial charge on any atom is -0.348 e. The maximum absolute atomic E-state index is 11.4. The third kappa shape index (κ3) is 3.79. The lowest BCUT2D eigenvalue weighted by Crippen LogP contribution is -2.34. The van der Waals surface area contributed by atoms with E-state index in [1.165, 1.54) is 0 Å². The van der Waals surface area contributed by atoms with E-state index in [4.69, 9.17) is 11.6 Å². The molecule has 1 amide bonds. The predicted octanol–water partition coefficient (Wildman–Crippen LogP) is 1.47. The minimum absolute atomic E-state index is 0.0482. The van der Waals surface area contributed by atoms with Crippen molar-refractivity contribution in [2.45, 2.75) is 13.0 Å². The Morgan fingerprint density at radius 1 is 1.62 bits per heavy atom. The van der Waals surface area contributed by atoms with Crippen molar-refractivity contribution in [3.05, 3.63) is 29.0 Å². The van der Waals surface area contributed by atoms with Crippen molar-refractivity contribution in [2.24, 2.45) is 0 Å². The van der Waals surface area contributed by atoms with Gasteiger partial charge >= 0.3 is 0 Å². The van der Waals surface area contributed by atoms with Gasteiger partial charge in [-0.3, -0.25) is 4.79 Å². The van der Waals surface area contributed by atoms with Crippen LogP contribution in [0, 0.1) is 0 Å². The van der Waals surface area contributed by atoms with Crippen molar-refractivity contribution >= 4 is 17.5 Å². The Morgan fingerprint density at radius 3 is 2.88 bits per heavy atom. The minimum atomic E-state index is 0.0482. The summed E-state index contributed by atoms with van der Waals surface area (Å²) in [5, 5.41) is 3.59. The zero-order valence-corrected chi connectivity index (χ0v) is 10.5. The van der Waals surface area contributed by atoms with E-state index >= 15 is 0 Å². The van der Waals surface area contributed by atoms with Gasteiger partial charge in [0.05, 0.1) is 6.54 Å². The number of nitrogens with zero attached hydrogens (tertiary/aromatic N) is 2. The number of rotatable bonds is 4. The molecule has 0 spiro atoms. The van der Waals surface area contributed by atoms with Crippen LogP contribution in [0.3, 0.4) is 0 Å². The van der Waals surface area contributed by atoms with Gasteiger partial charge in [-0.2, -0.15) is 0 Å². The van der Waals surface area contributed by atoms with Gasteiger partial charge in [0.15, 0.2) is 0 Å². The van der Waals surface area contributed by atoms with Crippen LogP contribution >= 0.6 is 11.6 Å². The molecule has 88 valence electrons. The average molecular weight is 242 g/mol. The summed E-state index contributed by atoms with van der Waals surface area (Å²) in [6, 6.07) is 3.74. The Morgan fingerprint density at radius 2 is 2.31 bits per heavy atom. The van der Waals surface area contributed by atoms with Gasteiger partial charge in [0.25, 0.3) is 0 Å². The number of likely N-dealkylation sites (N-methyl/N-ethyl adjacent to an activating group) is 1. The molecule has 0 fully saturated rings. The quantitative estimate of drug-likeness (QED) is 0.813. The third-order valence-corrected chi connectivity index (χ3v) is 2.52. The smallest absolute Gasteiger partial charge is 0.236 e. The number of halogens is 1. The van der Waals surface area contributed by atoms with E-state index in [0.29, 0.717) is 11.7 Å². The van der Waals surface area contributed by atoms with E-state index < -0.39 is 0 Å². The Hall–Kier alpha value is -1.13. The van der Waals surface area contributed by atoms with Gasteiger partial charge in [0.2, 0.25) is 5.91 Å². The highest BCUT2D eigenvalue weighted by Crippen LogP contribution is 2.14.